The minimum atomic E-state index is -4.38. The molecule has 1 N–H and O–H groups in total. The average molecular weight is 302 g/mol. The Morgan fingerprint density at radius 2 is 1.90 bits per heavy atom. The van der Waals surface area contributed by atoms with E-state index in [2.05, 4.69) is 10.2 Å². The summed E-state index contributed by atoms with van der Waals surface area (Å²) in [4.78, 5) is 2.16. The number of hydrogen-bond acceptors (Lipinski definition) is 4. The molecular weight excluding hydrogens is 285 g/mol. The summed E-state index contributed by atoms with van der Waals surface area (Å²) in [5, 5.41) is 3.22. The fourth-order valence-corrected chi connectivity index (χ4v) is 2.75. The number of ether oxygens (including phenoxy) is 2. The maximum Gasteiger partial charge on any atom is 0.416 e. The van der Waals surface area contributed by atoms with E-state index in [4.69, 9.17) is 9.47 Å². The Morgan fingerprint density at radius 1 is 1.14 bits per heavy atom. The third-order valence-corrected chi connectivity index (χ3v) is 3.84. The molecule has 0 aromatic heterocycles. The zero-order valence-corrected chi connectivity index (χ0v) is 11.5. The molecule has 0 aliphatic carbocycles. The zero-order valence-electron chi connectivity index (χ0n) is 11.5. The van der Waals surface area contributed by atoms with Crippen LogP contribution in [0, 0.1) is 0 Å². The number of piperazine rings is 1. The van der Waals surface area contributed by atoms with Crippen LogP contribution in [0.1, 0.15) is 11.1 Å². The molecule has 2 heterocycles. The second-order valence-electron chi connectivity index (χ2n) is 5.16. The van der Waals surface area contributed by atoms with Gasteiger partial charge in [-0.25, -0.2) is 0 Å². The topological polar surface area (TPSA) is 33.7 Å². The van der Waals surface area contributed by atoms with Crippen molar-refractivity contribution in [2.24, 2.45) is 0 Å². The van der Waals surface area contributed by atoms with Crippen LogP contribution >= 0.6 is 0 Å². The number of benzene rings is 1. The predicted octanol–water partition coefficient (Wildman–Crippen LogP) is 1.88. The van der Waals surface area contributed by atoms with E-state index in [0.29, 0.717) is 18.7 Å². The van der Waals surface area contributed by atoms with Crippen molar-refractivity contribution in [2.45, 2.75) is 12.6 Å². The number of alkyl halides is 3. The molecule has 1 aromatic rings. The van der Waals surface area contributed by atoms with Gasteiger partial charge < -0.3 is 19.7 Å². The van der Waals surface area contributed by atoms with Crippen LogP contribution in [-0.2, 0) is 12.6 Å². The first kappa shape index (κ1) is 14.5. The Kier molecular flexibility index (Phi) is 3.95. The highest BCUT2D eigenvalue weighted by Crippen LogP contribution is 2.43. The Hall–Kier alpha value is -1.47. The second-order valence-corrected chi connectivity index (χ2v) is 5.16. The van der Waals surface area contributed by atoms with Crippen LogP contribution in [0.5, 0.6) is 11.5 Å². The molecular formula is C14H17F3N2O2. The number of halogens is 3. The van der Waals surface area contributed by atoms with Crippen LogP contribution in [0.15, 0.2) is 12.1 Å². The van der Waals surface area contributed by atoms with Gasteiger partial charge in [-0.15, -0.1) is 0 Å². The number of nitrogens with one attached hydrogen (secondary N) is 1. The number of hydrogen-bond donors (Lipinski definition) is 1. The van der Waals surface area contributed by atoms with Gasteiger partial charge in [0.2, 0.25) is 6.79 Å². The SMILES string of the molecule is FC(F)(F)c1ccc2c(c1CCN1CCNCC1)OCO2. The number of fused-ring (bicyclic) bond motifs is 1. The van der Waals surface area contributed by atoms with E-state index in [1.165, 1.54) is 6.07 Å². The smallest absolute Gasteiger partial charge is 0.416 e. The van der Waals surface area contributed by atoms with Gasteiger partial charge in [-0.2, -0.15) is 13.2 Å². The van der Waals surface area contributed by atoms with Gasteiger partial charge in [0.05, 0.1) is 5.56 Å². The van der Waals surface area contributed by atoms with Gasteiger partial charge in [-0.1, -0.05) is 0 Å². The Labute approximate surface area is 120 Å². The third kappa shape index (κ3) is 3.08. The molecule has 0 atom stereocenters. The molecule has 1 aromatic carbocycles. The summed E-state index contributed by atoms with van der Waals surface area (Å²) in [6, 6.07) is 2.42. The van der Waals surface area contributed by atoms with Crippen molar-refractivity contribution in [1.82, 2.24) is 10.2 Å². The molecule has 0 radical (unpaired) electrons. The molecule has 21 heavy (non-hydrogen) atoms. The first-order chi connectivity index (χ1) is 10.1. The number of rotatable bonds is 3. The largest absolute Gasteiger partial charge is 0.454 e. The lowest BCUT2D eigenvalue weighted by Crippen LogP contribution is -2.44. The van der Waals surface area contributed by atoms with Crippen molar-refractivity contribution in [3.63, 3.8) is 0 Å². The van der Waals surface area contributed by atoms with Crippen LogP contribution < -0.4 is 14.8 Å². The summed E-state index contributed by atoms with van der Waals surface area (Å²) >= 11 is 0. The number of nitrogens with zero attached hydrogens (tertiary/aromatic N) is 1. The van der Waals surface area contributed by atoms with E-state index in [9.17, 15) is 13.2 Å². The first-order valence-electron chi connectivity index (χ1n) is 6.97. The quantitative estimate of drug-likeness (QED) is 0.924. The van der Waals surface area contributed by atoms with Crippen molar-refractivity contribution in [2.75, 3.05) is 39.5 Å². The maximum absolute atomic E-state index is 13.2. The van der Waals surface area contributed by atoms with Gasteiger partial charge in [-0.3, -0.25) is 0 Å². The van der Waals surface area contributed by atoms with Gasteiger partial charge >= 0.3 is 6.18 Å². The monoisotopic (exact) mass is 302 g/mol. The Balaban J connectivity index is 1.83. The molecule has 0 amide bonds. The van der Waals surface area contributed by atoms with Gasteiger partial charge in [-0.05, 0) is 18.6 Å². The fraction of sp³-hybridized carbons (Fsp3) is 0.571. The molecule has 0 spiro atoms. The van der Waals surface area contributed by atoms with Crippen LogP contribution in [-0.4, -0.2) is 44.4 Å². The molecule has 0 bridgehead atoms. The second kappa shape index (κ2) is 5.73. The van der Waals surface area contributed by atoms with Crippen molar-refractivity contribution >= 4 is 0 Å². The van der Waals surface area contributed by atoms with Crippen molar-refractivity contribution in [3.8, 4) is 11.5 Å². The lowest BCUT2D eigenvalue weighted by atomic mass is 10.0. The molecule has 3 rings (SSSR count). The predicted molar refractivity (Wildman–Crippen MR) is 70.6 cm³/mol. The van der Waals surface area contributed by atoms with Crippen LogP contribution in [0.2, 0.25) is 0 Å². The highest BCUT2D eigenvalue weighted by atomic mass is 19.4. The molecule has 4 nitrogen and oxygen atoms in total. The van der Waals surface area contributed by atoms with E-state index in [1.807, 2.05) is 0 Å². The van der Waals surface area contributed by atoms with Gasteiger partial charge in [0, 0.05) is 38.3 Å². The van der Waals surface area contributed by atoms with E-state index < -0.39 is 11.7 Å². The fourth-order valence-electron chi connectivity index (χ4n) is 2.75. The van der Waals surface area contributed by atoms with Crippen molar-refractivity contribution in [3.05, 3.63) is 23.3 Å². The van der Waals surface area contributed by atoms with E-state index in [-0.39, 0.29) is 18.1 Å². The molecule has 2 aliphatic rings. The van der Waals surface area contributed by atoms with Crippen LogP contribution in [0.25, 0.3) is 0 Å². The maximum atomic E-state index is 13.2. The normalized spacial score (nSPS) is 19.0. The van der Waals surface area contributed by atoms with Crippen molar-refractivity contribution < 1.29 is 22.6 Å². The third-order valence-electron chi connectivity index (χ3n) is 3.84. The van der Waals surface area contributed by atoms with Gasteiger partial charge in [0.25, 0.3) is 0 Å². The van der Waals surface area contributed by atoms with Crippen LogP contribution in [0.3, 0.4) is 0 Å². The van der Waals surface area contributed by atoms with Gasteiger partial charge in [0.15, 0.2) is 11.5 Å². The molecule has 7 heteroatoms. The standard InChI is InChI=1S/C14H17F3N2O2/c15-14(16,17)11-1-2-12-13(21-9-20-12)10(11)3-6-19-7-4-18-5-8-19/h1-2,18H,3-9H2. The van der Waals surface area contributed by atoms with E-state index in [1.54, 1.807) is 0 Å². The summed E-state index contributed by atoms with van der Waals surface area (Å²) < 4.78 is 49.9. The first-order valence-corrected chi connectivity index (χ1v) is 6.97. The Bertz CT molecular complexity index is 514. The van der Waals surface area contributed by atoms with E-state index >= 15 is 0 Å². The van der Waals surface area contributed by atoms with Gasteiger partial charge in [0.1, 0.15) is 0 Å². The molecule has 2 aliphatic heterocycles. The summed E-state index contributed by atoms with van der Waals surface area (Å²) in [7, 11) is 0. The molecule has 0 saturated carbocycles. The Morgan fingerprint density at radius 3 is 2.62 bits per heavy atom. The molecule has 116 valence electrons. The summed E-state index contributed by atoms with van der Waals surface area (Å²) in [6.45, 7) is 4.03. The highest BCUT2D eigenvalue weighted by Gasteiger charge is 2.36. The lowest BCUT2D eigenvalue weighted by molar-refractivity contribution is -0.138. The summed E-state index contributed by atoms with van der Waals surface area (Å²) in [6.07, 6.45) is -4.07. The average Bonchev–Trinajstić information content (AvgIpc) is 2.93. The zero-order chi connectivity index (χ0) is 14.9. The lowest BCUT2D eigenvalue weighted by Gasteiger charge is -2.27. The summed E-state index contributed by atoms with van der Waals surface area (Å²) in [5.41, 5.74) is -0.419. The summed E-state index contributed by atoms with van der Waals surface area (Å²) in [5.74, 6) is 0.651. The minimum absolute atomic E-state index is 0.0166. The molecule has 1 fully saturated rings. The molecule has 0 unspecified atom stereocenters. The minimum Gasteiger partial charge on any atom is -0.454 e. The van der Waals surface area contributed by atoms with Crippen LogP contribution in [0.4, 0.5) is 13.2 Å². The molecule has 1 saturated heterocycles. The van der Waals surface area contributed by atoms with Crippen molar-refractivity contribution in [1.29, 1.82) is 0 Å². The van der Waals surface area contributed by atoms with E-state index in [0.717, 1.165) is 32.2 Å². The highest BCUT2D eigenvalue weighted by molar-refractivity contribution is 5.53.